The lowest BCUT2D eigenvalue weighted by Gasteiger charge is -2.25. The number of methoxy groups -OCH3 is 1. The Hall–Kier alpha value is -1.88. The summed E-state index contributed by atoms with van der Waals surface area (Å²) in [6.07, 6.45) is 8.48. The topological polar surface area (TPSA) is 85.6 Å². The van der Waals surface area contributed by atoms with Crippen LogP contribution in [0.4, 0.5) is 0 Å². The molecule has 4 rings (SSSR count). The number of nitrogens with one attached hydrogen (secondary N) is 2. The predicted molar refractivity (Wildman–Crippen MR) is 136 cm³/mol. The van der Waals surface area contributed by atoms with Crippen molar-refractivity contribution in [3.05, 3.63) is 41.5 Å². The van der Waals surface area contributed by atoms with Crippen LogP contribution in [-0.4, -0.2) is 47.0 Å². The van der Waals surface area contributed by atoms with Crippen LogP contribution in [0, 0.1) is 0 Å². The number of hydrogen-bond donors (Lipinski definition) is 2. The minimum atomic E-state index is 0. The number of aromatic nitrogens is 3. The Bertz CT molecular complexity index is 881. The van der Waals surface area contributed by atoms with Crippen LogP contribution in [0.3, 0.4) is 0 Å². The third-order valence-corrected chi connectivity index (χ3v) is 5.95. The van der Waals surface area contributed by atoms with Crippen molar-refractivity contribution in [2.24, 2.45) is 4.99 Å². The van der Waals surface area contributed by atoms with E-state index in [-0.39, 0.29) is 30.0 Å². The van der Waals surface area contributed by atoms with Crippen LogP contribution < -0.4 is 15.4 Å². The van der Waals surface area contributed by atoms with Crippen LogP contribution in [0.15, 0.2) is 29.3 Å². The molecular weight excluding hydrogens is 519 g/mol. The SMILES string of the molecule is CN=C(NCc1cccc(OC2CCCCC2)c1)NC1CCc2nc(COC)nn2C1.I. The highest BCUT2D eigenvalue weighted by molar-refractivity contribution is 14.0. The highest BCUT2D eigenvalue weighted by atomic mass is 127. The van der Waals surface area contributed by atoms with E-state index in [1.165, 1.54) is 37.7 Å². The number of guanidine groups is 1. The molecule has 8 nitrogen and oxygen atoms in total. The fourth-order valence-electron chi connectivity index (χ4n) is 4.35. The zero-order valence-electron chi connectivity index (χ0n) is 19.0. The van der Waals surface area contributed by atoms with Crippen molar-refractivity contribution in [1.29, 1.82) is 0 Å². The summed E-state index contributed by atoms with van der Waals surface area (Å²) in [5, 5.41) is 11.5. The van der Waals surface area contributed by atoms with E-state index in [1.807, 2.05) is 4.68 Å². The van der Waals surface area contributed by atoms with Crippen molar-refractivity contribution in [3.8, 4) is 5.75 Å². The summed E-state index contributed by atoms with van der Waals surface area (Å²) in [6, 6.07) is 8.64. The second-order valence-electron chi connectivity index (χ2n) is 8.39. The molecule has 1 fully saturated rings. The average Bonchev–Trinajstić information content (AvgIpc) is 3.19. The summed E-state index contributed by atoms with van der Waals surface area (Å²) in [6.45, 7) is 1.92. The summed E-state index contributed by atoms with van der Waals surface area (Å²) in [7, 11) is 3.47. The largest absolute Gasteiger partial charge is 0.490 e. The molecule has 1 saturated carbocycles. The molecule has 1 aliphatic heterocycles. The van der Waals surface area contributed by atoms with E-state index in [2.05, 4.69) is 50.0 Å². The van der Waals surface area contributed by atoms with Gasteiger partial charge >= 0.3 is 0 Å². The van der Waals surface area contributed by atoms with E-state index >= 15 is 0 Å². The molecule has 0 spiro atoms. The highest BCUT2D eigenvalue weighted by Gasteiger charge is 2.22. The number of hydrogen-bond acceptors (Lipinski definition) is 5. The molecule has 9 heteroatoms. The van der Waals surface area contributed by atoms with E-state index in [4.69, 9.17) is 9.47 Å². The van der Waals surface area contributed by atoms with E-state index in [9.17, 15) is 0 Å². The number of rotatable bonds is 7. The summed E-state index contributed by atoms with van der Waals surface area (Å²) in [4.78, 5) is 8.94. The Morgan fingerprint density at radius 3 is 2.84 bits per heavy atom. The van der Waals surface area contributed by atoms with Crippen molar-refractivity contribution in [2.75, 3.05) is 14.2 Å². The van der Waals surface area contributed by atoms with E-state index in [0.717, 1.165) is 42.7 Å². The van der Waals surface area contributed by atoms with Crippen molar-refractivity contribution >= 4 is 29.9 Å². The molecule has 2 heterocycles. The number of benzene rings is 1. The van der Waals surface area contributed by atoms with Gasteiger partial charge in [-0.05, 0) is 49.8 Å². The van der Waals surface area contributed by atoms with Crippen molar-refractivity contribution in [2.45, 2.75) is 76.8 Å². The first-order valence-electron chi connectivity index (χ1n) is 11.4. The second kappa shape index (κ2) is 12.4. The maximum absolute atomic E-state index is 6.21. The molecule has 1 aromatic carbocycles. The number of halogens is 1. The van der Waals surface area contributed by atoms with E-state index in [1.54, 1.807) is 14.2 Å². The van der Waals surface area contributed by atoms with Gasteiger partial charge in [-0.1, -0.05) is 18.6 Å². The van der Waals surface area contributed by atoms with Gasteiger partial charge in [-0.2, -0.15) is 5.10 Å². The molecule has 0 radical (unpaired) electrons. The Morgan fingerprint density at radius 2 is 2.06 bits per heavy atom. The molecule has 0 amide bonds. The molecule has 0 bridgehead atoms. The molecule has 176 valence electrons. The van der Waals surface area contributed by atoms with Gasteiger partial charge in [0, 0.05) is 33.2 Å². The summed E-state index contributed by atoms with van der Waals surface area (Å²) >= 11 is 0. The first-order chi connectivity index (χ1) is 15.2. The van der Waals surface area contributed by atoms with Crippen LogP contribution in [-0.2, 0) is 30.9 Å². The maximum atomic E-state index is 6.21. The van der Waals surface area contributed by atoms with Gasteiger partial charge in [-0.25, -0.2) is 9.67 Å². The molecule has 1 aromatic heterocycles. The molecule has 1 atom stereocenters. The standard InChI is InChI=1S/C23H34N6O2.HI/c1-24-23(26-18-11-12-22-27-21(16-30-2)28-29(22)15-18)25-14-17-7-6-10-20(13-17)31-19-8-4-3-5-9-19;/h6-7,10,13,18-19H,3-5,8-9,11-12,14-16H2,1-2H3,(H2,24,25,26);1H. The van der Waals surface area contributed by atoms with Gasteiger partial charge in [0.1, 0.15) is 18.2 Å². The van der Waals surface area contributed by atoms with E-state index < -0.39 is 0 Å². The minimum Gasteiger partial charge on any atom is -0.490 e. The zero-order chi connectivity index (χ0) is 21.5. The lowest BCUT2D eigenvalue weighted by Crippen LogP contribution is -2.46. The number of ether oxygens (including phenoxy) is 2. The Labute approximate surface area is 207 Å². The molecule has 2 N–H and O–H groups in total. The predicted octanol–water partition coefficient (Wildman–Crippen LogP) is 3.43. The van der Waals surface area contributed by atoms with Crippen LogP contribution in [0.25, 0.3) is 0 Å². The van der Waals surface area contributed by atoms with Crippen molar-refractivity contribution in [3.63, 3.8) is 0 Å². The number of aliphatic imine (C=N–C) groups is 1. The molecule has 2 aromatic rings. The first kappa shape index (κ1) is 24.8. The third kappa shape index (κ3) is 6.81. The molecular formula is C23H35IN6O2. The van der Waals surface area contributed by atoms with Crippen LogP contribution in [0.5, 0.6) is 5.75 Å². The molecule has 0 saturated heterocycles. The van der Waals surface area contributed by atoms with Gasteiger partial charge in [0.25, 0.3) is 0 Å². The van der Waals surface area contributed by atoms with Gasteiger partial charge < -0.3 is 20.1 Å². The molecule has 2 aliphatic rings. The summed E-state index contributed by atoms with van der Waals surface area (Å²) < 4.78 is 13.3. The summed E-state index contributed by atoms with van der Waals surface area (Å²) in [5.41, 5.74) is 1.18. The lowest BCUT2D eigenvalue weighted by atomic mass is 9.98. The first-order valence-corrected chi connectivity index (χ1v) is 11.4. The average molecular weight is 554 g/mol. The Morgan fingerprint density at radius 1 is 1.22 bits per heavy atom. The smallest absolute Gasteiger partial charge is 0.191 e. The van der Waals surface area contributed by atoms with Gasteiger partial charge in [-0.15, -0.1) is 24.0 Å². The van der Waals surface area contributed by atoms with Crippen LogP contribution in [0.1, 0.15) is 55.7 Å². The maximum Gasteiger partial charge on any atom is 0.191 e. The molecule has 32 heavy (non-hydrogen) atoms. The van der Waals surface area contributed by atoms with Crippen molar-refractivity contribution in [1.82, 2.24) is 25.4 Å². The normalized spacial score (nSPS) is 19.1. The molecule has 1 aliphatic carbocycles. The van der Waals surface area contributed by atoms with Gasteiger partial charge in [0.2, 0.25) is 0 Å². The van der Waals surface area contributed by atoms with Crippen LogP contribution >= 0.6 is 24.0 Å². The second-order valence-corrected chi connectivity index (χ2v) is 8.39. The highest BCUT2D eigenvalue weighted by Crippen LogP contribution is 2.24. The lowest BCUT2D eigenvalue weighted by molar-refractivity contribution is 0.155. The third-order valence-electron chi connectivity index (χ3n) is 5.95. The van der Waals surface area contributed by atoms with Crippen molar-refractivity contribution < 1.29 is 9.47 Å². The summed E-state index contributed by atoms with van der Waals surface area (Å²) in [5.74, 6) is 3.54. The Balaban J connectivity index is 0.00000289. The molecule has 1 unspecified atom stereocenters. The quantitative estimate of drug-likeness (QED) is 0.310. The fourth-order valence-corrected chi connectivity index (χ4v) is 4.35. The monoisotopic (exact) mass is 554 g/mol. The zero-order valence-corrected chi connectivity index (χ0v) is 21.4. The Kier molecular flexibility index (Phi) is 9.58. The van der Waals surface area contributed by atoms with E-state index in [0.29, 0.717) is 19.3 Å². The van der Waals surface area contributed by atoms with Gasteiger partial charge in [0.15, 0.2) is 11.8 Å². The van der Waals surface area contributed by atoms with Gasteiger partial charge in [0.05, 0.1) is 12.6 Å². The minimum absolute atomic E-state index is 0. The number of aryl methyl sites for hydroxylation is 1. The van der Waals surface area contributed by atoms with Gasteiger partial charge in [-0.3, -0.25) is 4.99 Å². The van der Waals surface area contributed by atoms with Crippen LogP contribution in [0.2, 0.25) is 0 Å². The number of nitrogens with zero attached hydrogens (tertiary/aromatic N) is 4. The number of fused-ring (bicyclic) bond motifs is 1. The fraction of sp³-hybridized carbons (Fsp3) is 0.609.